The molecule has 104 valence electrons. The first-order chi connectivity index (χ1) is 7.83. The summed E-state index contributed by atoms with van der Waals surface area (Å²) in [6.07, 6.45) is 7.70. The minimum Gasteiger partial charge on any atom is -0.0840 e. The van der Waals surface area contributed by atoms with Crippen molar-refractivity contribution in [1.29, 1.82) is 0 Å². The number of rotatable bonds is 2. The average molecular weight is 281 g/mol. The van der Waals surface area contributed by atoms with Crippen LogP contribution in [0.4, 0.5) is 0 Å². The molecule has 2 unspecified atom stereocenters. The summed E-state index contributed by atoms with van der Waals surface area (Å²) in [5.41, 5.74) is 3.47. The monoisotopic (exact) mass is 280 g/mol. The second kappa shape index (κ2) is 4.79. The van der Waals surface area contributed by atoms with E-state index in [1.165, 1.54) is 0 Å². The zero-order valence-electron chi connectivity index (χ0n) is 13.9. The lowest BCUT2D eigenvalue weighted by Crippen LogP contribution is -2.36. The zero-order chi connectivity index (χ0) is 14.4. The predicted molar refractivity (Wildman–Crippen MR) is 90.9 cm³/mol. The Hall–Kier alpha value is -0.0862. The summed E-state index contributed by atoms with van der Waals surface area (Å²) >= 11 is 0. The van der Waals surface area contributed by atoms with Crippen LogP contribution in [0.25, 0.3) is 0 Å². The summed E-state index contributed by atoms with van der Waals surface area (Å²) in [5.74, 6) is 0. The van der Waals surface area contributed by atoms with E-state index in [1.807, 2.05) is 0 Å². The SMILES string of the molecule is CC(C)(C)C1=CC([Si](C)(C)C)C=CC1[Si](C)(C)C. The molecular weight excluding hydrogens is 248 g/mol. The van der Waals surface area contributed by atoms with Gasteiger partial charge in [0.15, 0.2) is 0 Å². The van der Waals surface area contributed by atoms with Gasteiger partial charge in [-0.1, -0.05) is 83.9 Å². The minimum atomic E-state index is -1.16. The fourth-order valence-corrected chi connectivity index (χ4v) is 6.22. The Balaban J connectivity index is 3.20. The van der Waals surface area contributed by atoms with Crippen molar-refractivity contribution in [3.05, 3.63) is 23.8 Å². The molecule has 0 aromatic carbocycles. The highest BCUT2D eigenvalue weighted by atomic mass is 28.3. The van der Waals surface area contributed by atoms with E-state index >= 15 is 0 Å². The highest BCUT2D eigenvalue weighted by Gasteiger charge is 2.37. The summed E-state index contributed by atoms with van der Waals surface area (Å²) in [4.78, 5) is 0. The summed E-state index contributed by atoms with van der Waals surface area (Å²) in [5, 5.41) is 0. The van der Waals surface area contributed by atoms with Crippen molar-refractivity contribution in [2.75, 3.05) is 0 Å². The number of hydrogen-bond donors (Lipinski definition) is 0. The van der Waals surface area contributed by atoms with Gasteiger partial charge >= 0.3 is 0 Å². The van der Waals surface area contributed by atoms with Crippen molar-refractivity contribution in [3.63, 3.8) is 0 Å². The van der Waals surface area contributed by atoms with Crippen LogP contribution in [0, 0.1) is 5.41 Å². The molecule has 0 saturated heterocycles. The van der Waals surface area contributed by atoms with E-state index in [4.69, 9.17) is 0 Å². The standard InChI is InChI=1S/C16H32Si2/c1-16(2,3)14-12-13(17(4,5)6)10-11-15(14)18(7,8)9/h10-13,15H,1-9H3. The third kappa shape index (κ3) is 3.70. The van der Waals surface area contributed by atoms with Gasteiger partial charge in [0.25, 0.3) is 0 Å². The van der Waals surface area contributed by atoms with Crippen LogP contribution in [0.3, 0.4) is 0 Å². The minimum absolute atomic E-state index is 0.313. The van der Waals surface area contributed by atoms with Crippen molar-refractivity contribution < 1.29 is 0 Å². The lowest BCUT2D eigenvalue weighted by Gasteiger charge is -2.41. The Morgan fingerprint density at radius 3 is 1.67 bits per heavy atom. The molecule has 0 aromatic rings. The molecule has 0 nitrogen and oxygen atoms in total. The Bertz CT molecular complexity index is 356. The Labute approximate surface area is 117 Å². The van der Waals surface area contributed by atoms with Crippen LogP contribution in [0.2, 0.25) is 50.4 Å². The van der Waals surface area contributed by atoms with Crippen LogP contribution < -0.4 is 0 Å². The normalized spacial score (nSPS) is 26.2. The van der Waals surface area contributed by atoms with Gasteiger partial charge in [-0.05, 0) is 16.5 Å². The molecule has 1 aliphatic rings. The van der Waals surface area contributed by atoms with E-state index < -0.39 is 16.1 Å². The van der Waals surface area contributed by atoms with Gasteiger partial charge in [-0.25, -0.2) is 0 Å². The molecule has 0 radical (unpaired) electrons. The van der Waals surface area contributed by atoms with E-state index in [0.29, 0.717) is 5.41 Å². The van der Waals surface area contributed by atoms with Gasteiger partial charge < -0.3 is 0 Å². The lowest BCUT2D eigenvalue weighted by atomic mass is 9.82. The van der Waals surface area contributed by atoms with E-state index in [9.17, 15) is 0 Å². The van der Waals surface area contributed by atoms with Gasteiger partial charge in [-0.15, -0.1) is 0 Å². The fourth-order valence-electron chi connectivity index (χ4n) is 2.70. The van der Waals surface area contributed by atoms with Crippen LogP contribution in [-0.2, 0) is 0 Å². The van der Waals surface area contributed by atoms with Crippen molar-refractivity contribution in [3.8, 4) is 0 Å². The second-order valence-electron chi connectivity index (χ2n) is 8.99. The average Bonchev–Trinajstić information content (AvgIpc) is 2.12. The van der Waals surface area contributed by atoms with Crippen LogP contribution in [-0.4, -0.2) is 16.1 Å². The number of hydrogen-bond acceptors (Lipinski definition) is 0. The van der Waals surface area contributed by atoms with Gasteiger partial charge in [0.05, 0.1) is 16.1 Å². The molecule has 0 aromatic heterocycles. The lowest BCUT2D eigenvalue weighted by molar-refractivity contribution is 0.487. The molecule has 1 aliphatic carbocycles. The maximum atomic E-state index is 2.63. The Morgan fingerprint density at radius 1 is 0.833 bits per heavy atom. The summed E-state index contributed by atoms with van der Waals surface area (Å²) in [6, 6.07) is 0. The molecule has 0 saturated carbocycles. The maximum absolute atomic E-state index is 2.63. The van der Waals surface area contributed by atoms with Gasteiger partial charge in [-0.2, -0.15) is 0 Å². The third-order valence-corrected chi connectivity index (χ3v) is 8.73. The smallest absolute Gasteiger partial charge is 0.0561 e. The molecule has 0 spiro atoms. The van der Waals surface area contributed by atoms with E-state index in [1.54, 1.807) is 5.57 Å². The third-order valence-electron chi connectivity index (χ3n) is 4.00. The zero-order valence-corrected chi connectivity index (χ0v) is 15.9. The predicted octanol–water partition coefficient (Wildman–Crippen LogP) is 5.95. The van der Waals surface area contributed by atoms with Gasteiger partial charge in [0.2, 0.25) is 0 Å². The second-order valence-corrected chi connectivity index (χ2v) is 19.7. The quantitative estimate of drug-likeness (QED) is 0.433. The topological polar surface area (TPSA) is 0 Å². The van der Waals surface area contributed by atoms with Crippen molar-refractivity contribution >= 4 is 16.1 Å². The fraction of sp³-hybridized carbons (Fsp3) is 0.750. The largest absolute Gasteiger partial charge is 0.0840 e. The molecule has 0 N–H and O–H groups in total. The van der Waals surface area contributed by atoms with Crippen molar-refractivity contribution in [2.24, 2.45) is 5.41 Å². The Morgan fingerprint density at radius 2 is 1.33 bits per heavy atom. The van der Waals surface area contributed by atoms with E-state index in [2.05, 4.69) is 78.3 Å². The molecule has 0 amide bonds. The first-order valence-electron chi connectivity index (χ1n) is 7.24. The first kappa shape index (κ1) is 16.0. The molecule has 0 bridgehead atoms. The summed E-state index contributed by atoms with van der Waals surface area (Å²) in [7, 11) is -2.27. The van der Waals surface area contributed by atoms with Crippen LogP contribution >= 0.6 is 0 Å². The first-order valence-corrected chi connectivity index (χ1v) is 14.4. The van der Waals surface area contributed by atoms with Crippen LogP contribution in [0.5, 0.6) is 0 Å². The van der Waals surface area contributed by atoms with Crippen molar-refractivity contribution in [1.82, 2.24) is 0 Å². The number of allylic oxidation sites excluding steroid dienone is 4. The molecule has 0 fully saturated rings. The van der Waals surface area contributed by atoms with Gasteiger partial charge in [0.1, 0.15) is 0 Å². The highest BCUT2D eigenvalue weighted by molar-refractivity contribution is 6.80. The molecule has 0 aliphatic heterocycles. The molecule has 18 heavy (non-hydrogen) atoms. The van der Waals surface area contributed by atoms with Crippen molar-refractivity contribution in [2.45, 2.75) is 71.1 Å². The van der Waals surface area contributed by atoms with Crippen LogP contribution in [0.1, 0.15) is 20.8 Å². The molecular formula is C16H32Si2. The highest BCUT2D eigenvalue weighted by Crippen LogP contribution is 2.47. The van der Waals surface area contributed by atoms with Gasteiger partial charge in [0, 0.05) is 0 Å². The van der Waals surface area contributed by atoms with Crippen LogP contribution in [0.15, 0.2) is 23.8 Å². The van der Waals surface area contributed by atoms with E-state index in [0.717, 1.165) is 11.1 Å². The van der Waals surface area contributed by atoms with E-state index in [-0.39, 0.29) is 0 Å². The summed E-state index contributed by atoms with van der Waals surface area (Å²) in [6.45, 7) is 22.1. The molecule has 0 heterocycles. The molecule has 2 atom stereocenters. The summed E-state index contributed by atoms with van der Waals surface area (Å²) < 4.78 is 0. The van der Waals surface area contributed by atoms with Gasteiger partial charge in [-0.3, -0.25) is 0 Å². The molecule has 1 rings (SSSR count). The Kier molecular flexibility index (Phi) is 4.25. The molecule has 2 heteroatoms. The maximum Gasteiger partial charge on any atom is 0.0561 e.